The third-order valence-corrected chi connectivity index (χ3v) is 5.52. The number of nitrogens with zero attached hydrogens (tertiary/aromatic N) is 1. The number of carbonyl (C=O) groups excluding carboxylic acids is 1. The van der Waals surface area contributed by atoms with Crippen molar-refractivity contribution in [2.75, 3.05) is 6.54 Å². The standard InChI is InChI=1S/C14H11BrClNOS/c15-11-2-1-9(7-12(11)16)14(18)17-5-3-13-10(8-17)4-6-19-13/h1-2,4,6-7H,3,5,8H2. The van der Waals surface area contributed by atoms with Gasteiger partial charge in [0.1, 0.15) is 0 Å². The first kappa shape index (κ1) is 13.2. The Balaban J connectivity index is 1.83. The fourth-order valence-corrected chi connectivity index (χ4v) is 3.55. The Morgan fingerprint density at radius 3 is 3.00 bits per heavy atom. The molecule has 2 heterocycles. The van der Waals surface area contributed by atoms with Gasteiger partial charge in [0.15, 0.2) is 0 Å². The Morgan fingerprint density at radius 1 is 1.37 bits per heavy atom. The molecule has 0 bridgehead atoms. The normalized spacial score (nSPS) is 14.3. The highest BCUT2D eigenvalue weighted by molar-refractivity contribution is 9.10. The fraction of sp³-hybridized carbons (Fsp3) is 0.214. The summed E-state index contributed by atoms with van der Waals surface area (Å²) < 4.78 is 0.810. The molecule has 0 spiro atoms. The van der Waals surface area contributed by atoms with Crippen LogP contribution in [0.25, 0.3) is 0 Å². The molecule has 1 amide bonds. The van der Waals surface area contributed by atoms with Crippen LogP contribution in [0.4, 0.5) is 0 Å². The largest absolute Gasteiger partial charge is 0.334 e. The maximum absolute atomic E-state index is 12.5. The average Bonchev–Trinajstić information content (AvgIpc) is 2.88. The van der Waals surface area contributed by atoms with E-state index < -0.39 is 0 Å². The van der Waals surface area contributed by atoms with Gasteiger partial charge in [-0.3, -0.25) is 4.79 Å². The molecule has 1 aliphatic rings. The lowest BCUT2D eigenvalue weighted by Gasteiger charge is -2.27. The van der Waals surface area contributed by atoms with Crippen molar-refractivity contribution in [2.45, 2.75) is 13.0 Å². The molecule has 1 aromatic carbocycles. The van der Waals surface area contributed by atoms with E-state index in [1.165, 1.54) is 10.4 Å². The molecule has 2 nitrogen and oxygen atoms in total. The van der Waals surface area contributed by atoms with Gasteiger partial charge in [-0.15, -0.1) is 11.3 Å². The lowest BCUT2D eigenvalue weighted by molar-refractivity contribution is 0.0736. The van der Waals surface area contributed by atoms with Gasteiger partial charge < -0.3 is 4.90 Å². The van der Waals surface area contributed by atoms with Crippen molar-refractivity contribution in [2.24, 2.45) is 0 Å². The zero-order chi connectivity index (χ0) is 13.4. The van der Waals surface area contributed by atoms with Gasteiger partial charge in [0, 0.05) is 28.0 Å². The monoisotopic (exact) mass is 355 g/mol. The number of fused-ring (bicyclic) bond motifs is 1. The number of benzene rings is 1. The van der Waals surface area contributed by atoms with E-state index in [2.05, 4.69) is 27.4 Å². The van der Waals surface area contributed by atoms with E-state index in [9.17, 15) is 4.79 Å². The van der Waals surface area contributed by atoms with E-state index >= 15 is 0 Å². The zero-order valence-corrected chi connectivity index (χ0v) is 13.2. The molecule has 0 unspecified atom stereocenters. The smallest absolute Gasteiger partial charge is 0.254 e. The van der Waals surface area contributed by atoms with Crippen molar-refractivity contribution < 1.29 is 4.79 Å². The number of halogens is 2. The molecule has 5 heteroatoms. The minimum Gasteiger partial charge on any atom is -0.334 e. The second kappa shape index (κ2) is 5.27. The first-order chi connectivity index (χ1) is 9.15. The highest BCUT2D eigenvalue weighted by Gasteiger charge is 2.22. The summed E-state index contributed by atoms with van der Waals surface area (Å²) in [6.45, 7) is 1.48. The summed E-state index contributed by atoms with van der Waals surface area (Å²) in [6.07, 6.45) is 0.947. The van der Waals surface area contributed by atoms with Crippen LogP contribution in [0.3, 0.4) is 0 Å². The van der Waals surface area contributed by atoms with Crippen molar-refractivity contribution in [3.63, 3.8) is 0 Å². The summed E-state index contributed by atoms with van der Waals surface area (Å²) in [4.78, 5) is 15.7. The number of carbonyl (C=O) groups is 1. The van der Waals surface area contributed by atoms with Crippen molar-refractivity contribution in [1.82, 2.24) is 4.90 Å². The number of amides is 1. The average molecular weight is 357 g/mol. The molecule has 0 saturated heterocycles. The molecular formula is C14H11BrClNOS. The SMILES string of the molecule is O=C(c1ccc(Br)c(Cl)c1)N1CCc2sccc2C1. The van der Waals surface area contributed by atoms with Gasteiger partial charge in [0.05, 0.1) is 5.02 Å². The van der Waals surface area contributed by atoms with Crippen molar-refractivity contribution in [1.29, 1.82) is 0 Å². The number of rotatable bonds is 1. The van der Waals surface area contributed by atoms with Crippen LogP contribution >= 0.6 is 38.9 Å². The third kappa shape index (κ3) is 2.57. The van der Waals surface area contributed by atoms with Gasteiger partial charge in [-0.1, -0.05) is 11.6 Å². The predicted molar refractivity (Wildman–Crippen MR) is 81.9 cm³/mol. The van der Waals surface area contributed by atoms with Crippen LogP contribution < -0.4 is 0 Å². The molecule has 0 atom stereocenters. The number of hydrogen-bond acceptors (Lipinski definition) is 2. The van der Waals surface area contributed by atoms with Gasteiger partial charge >= 0.3 is 0 Å². The van der Waals surface area contributed by atoms with Crippen LogP contribution in [0.2, 0.25) is 5.02 Å². The van der Waals surface area contributed by atoms with Crippen molar-refractivity contribution >= 4 is 44.8 Å². The second-order valence-electron chi connectivity index (χ2n) is 4.47. The number of hydrogen-bond donors (Lipinski definition) is 0. The van der Waals surface area contributed by atoms with E-state index in [1.807, 2.05) is 11.0 Å². The highest BCUT2D eigenvalue weighted by atomic mass is 79.9. The molecule has 1 aromatic heterocycles. The quantitative estimate of drug-likeness (QED) is 0.743. The maximum atomic E-state index is 12.5. The fourth-order valence-electron chi connectivity index (χ4n) is 2.23. The van der Waals surface area contributed by atoms with Gasteiger partial charge in [0.2, 0.25) is 0 Å². The van der Waals surface area contributed by atoms with Gasteiger partial charge in [-0.2, -0.15) is 0 Å². The number of thiophene rings is 1. The molecule has 1 aliphatic heterocycles. The van der Waals surface area contributed by atoms with E-state index in [1.54, 1.807) is 23.5 Å². The highest BCUT2D eigenvalue weighted by Crippen LogP contribution is 2.27. The minimum absolute atomic E-state index is 0.0475. The Morgan fingerprint density at radius 2 is 2.21 bits per heavy atom. The predicted octanol–water partition coefficient (Wildman–Crippen LogP) is 4.36. The first-order valence-corrected chi connectivity index (χ1v) is 8.00. The topological polar surface area (TPSA) is 20.3 Å². The first-order valence-electron chi connectivity index (χ1n) is 5.95. The summed E-state index contributed by atoms with van der Waals surface area (Å²) in [6, 6.07) is 7.45. The van der Waals surface area contributed by atoms with E-state index in [0.29, 0.717) is 17.1 Å². The van der Waals surface area contributed by atoms with Crippen LogP contribution in [0.5, 0.6) is 0 Å². The van der Waals surface area contributed by atoms with Crippen LogP contribution in [0, 0.1) is 0 Å². The summed E-state index contributed by atoms with van der Waals surface area (Å²) >= 11 is 11.2. The Bertz CT molecular complexity index is 640. The van der Waals surface area contributed by atoms with Crippen molar-refractivity contribution in [3.8, 4) is 0 Å². The Labute approximate surface area is 129 Å². The molecule has 2 aromatic rings. The van der Waals surface area contributed by atoms with Crippen LogP contribution in [-0.4, -0.2) is 17.4 Å². The van der Waals surface area contributed by atoms with Crippen LogP contribution in [-0.2, 0) is 13.0 Å². The Kier molecular flexibility index (Phi) is 3.65. The lowest BCUT2D eigenvalue weighted by atomic mass is 10.1. The van der Waals surface area contributed by atoms with E-state index in [4.69, 9.17) is 11.6 Å². The maximum Gasteiger partial charge on any atom is 0.254 e. The molecule has 0 radical (unpaired) electrons. The lowest BCUT2D eigenvalue weighted by Crippen LogP contribution is -2.35. The molecule has 0 N–H and O–H groups in total. The molecular weight excluding hydrogens is 346 g/mol. The molecule has 0 saturated carbocycles. The Hall–Kier alpha value is -0.840. The van der Waals surface area contributed by atoms with Gasteiger partial charge in [-0.05, 0) is 57.6 Å². The summed E-state index contributed by atoms with van der Waals surface area (Å²) in [5.74, 6) is 0.0475. The minimum atomic E-state index is 0.0475. The zero-order valence-electron chi connectivity index (χ0n) is 10.0. The molecule has 0 aliphatic carbocycles. The van der Waals surface area contributed by atoms with Crippen LogP contribution in [0.15, 0.2) is 34.1 Å². The summed E-state index contributed by atoms with van der Waals surface area (Å²) in [5, 5.41) is 2.66. The molecule has 98 valence electrons. The molecule has 3 rings (SSSR count). The van der Waals surface area contributed by atoms with Crippen molar-refractivity contribution in [3.05, 3.63) is 55.1 Å². The second-order valence-corrected chi connectivity index (χ2v) is 6.74. The molecule has 19 heavy (non-hydrogen) atoms. The summed E-state index contributed by atoms with van der Waals surface area (Å²) in [5.41, 5.74) is 1.92. The van der Waals surface area contributed by atoms with Gasteiger partial charge in [-0.25, -0.2) is 0 Å². The van der Waals surface area contributed by atoms with Gasteiger partial charge in [0.25, 0.3) is 5.91 Å². The summed E-state index contributed by atoms with van der Waals surface area (Å²) in [7, 11) is 0. The van der Waals surface area contributed by atoms with Crippen LogP contribution in [0.1, 0.15) is 20.8 Å². The molecule has 0 fully saturated rings. The van der Waals surface area contributed by atoms with E-state index in [-0.39, 0.29) is 5.91 Å². The third-order valence-electron chi connectivity index (χ3n) is 3.26. The van der Waals surface area contributed by atoms with E-state index in [0.717, 1.165) is 17.4 Å².